The summed E-state index contributed by atoms with van der Waals surface area (Å²) in [7, 11) is 0. The van der Waals surface area contributed by atoms with E-state index in [0.29, 0.717) is 18.8 Å². The van der Waals surface area contributed by atoms with E-state index >= 15 is 0 Å². The highest BCUT2D eigenvalue weighted by atomic mass is 16.3. The molecule has 1 atom stereocenters. The van der Waals surface area contributed by atoms with Gasteiger partial charge in [0.15, 0.2) is 0 Å². The van der Waals surface area contributed by atoms with Crippen molar-refractivity contribution in [2.24, 2.45) is 0 Å². The van der Waals surface area contributed by atoms with Crippen molar-refractivity contribution in [3.63, 3.8) is 0 Å². The van der Waals surface area contributed by atoms with Crippen molar-refractivity contribution >= 4 is 6.03 Å². The largest absolute Gasteiger partial charge is 0.467 e. The molecule has 23 heavy (non-hydrogen) atoms. The molecule has 3 rings (SSSR count). The molecule has 0 aliphatic heterocycles. The van der Waals surface area contributed by atoms with Crippen LogP contribution in [0.25, 0.3) is 0 Å². The lowest BCUT2D eigenvalue weighted by atomic mass is 9.87. The lowest BCUT2D eigenvalue weighted by Crippen LogP contribution is -2.44. The number of fused-ring (bicyclic) bond motifs is 1. The van der Waals surface area contributed by atoms with Crippen molar-refractivity contribution in [2.45, 2.75) is 31.8 Å². The molecular weight excluding hydrogens is 292 g/mol. The average Bonchev–Trinajstić information content (AvgIpc) is 3.11. The molecule has 2 aromatic rings. The molecular formula is C18H22N2O3. The Kier molecular flexibility index (Phi) is 4.98. The van der Waals surface area contributed by atoms with E-state index in [1.165, 1.54) is 11.1 Å². The van der Waals surface area contributed by atoms with Gasteiger partial charge in [0.1, 0.15) is 5.76 Å². The Labute approximate surface area is 135 Å². The summed E-state index contributed by atoms with van der Waals surface area (Å²) in [6, 6.07) is 11.7. The molecule has 0 bridgehead atoms. The molecule has 122 valence electrons. The van der Waals surface area contributed by atoms with Crippen molar-refractivity contribution in [2.75, 3.05) is 13.2 Å². The van der Waals surface area contributed by atoms with Crippen LogP contribution in [0.1, 0.15) is 35.8 Å². The van der Waals surface area contributed by atoms with Crippen LogP contribution in [-0.4, -0.2) is 29.2 Å². The Morgan fingerprint density at radius 2 is 2.17 bits per heavy atom. The Hall–Kier alpha value is -2.27. The van der Waals surface area contributed by atoms with Crippen LogP contribution in [0.15, 0.2) is 47.1 Å². The molecule has 1 aliphatic rings. The SMILES string of the molecule is O=C(NCc1ccco1)N(CCO)C1CCCc2ccccc21. The van der Waals surface area contributed by atoms with Crippen molar-refractivity contribution in [1.29, 1.82) is 0 Å². The fourth-order valence-electron chi connectivity index (χ4n) is 3.24. The lowest BCUT2D eigenvalue weighted by molar-refractivity contribution is 0.143. The number of hydrogen-bond acceptors (Lipinski definition) is 3. The second kappa shape index (κ2) is 7.33. The van der Waals surface area contributed by atoms with Gasteiger partial charge in [0.2, 0.25) is 0 Å². The van der Waals surface area contributed by atoms with Gasteiger partial charge in [0.05, 0.1) is 25.5 Å². The minimum absolute atomic E-state index is 0.0173. The van der Waals surface area contributed by atoms with Crippen molar-refractivity contribution in [1.82, 2.24) is 10.2 Å². The zero-order valence-electron chi connectivity index (χ0n) is 13.1. The predicted octanol–water partition coefficient (Wildman–Crippen LogP) is 2.86. The third-order valence-corrected chi connectivity index (χ3v) is 4.31. The van der Waals surface area contributed by atoms with Gasteiger partial charge in [-0.1, -0.05) is 24.3 Å². The molecule has 0 fully saturated rings. The van der Waals surface area contributed by atoms with E-state index in [9.17, 15) is 9.90 Å². The van der Waals surface area contributed by atoms with Gasteiger partial charge < -0.3 is 19.7 Å². The number of nitrogens with zero attached hydrogens (tertiary/aromatic N) is 1. The first-order valence-corrected chi connectivity index (χ1v) is 8.05. The van der Waals surface area contributed by atoms with Crippen LogP contribution in [0, 0.1) is 0 Å². The molecule has 0 radical (unpaired) electrons. The highest BCUT2D eigenvalue weighted by Crippen LogP contribution is 2.34. The van der Waals surface area contributed by atoms with Crippen molar-refractivity contribution < 1.29 is 14.3 Å². The van der Waals surface area contributed by atoms with Gasteiger partial charge in [-0.15, -0.1) is 0 Å². The predicted molar refractivity (Wildman–Crippen MR) is 86.9 cm³/mol. The number of hydrogen-bond donors (Lipinski definition) is 2. The second-order valence-corrected chi connectivity index (χ2v) is 5.76. The summed E-state index contributed by atoms with van der Waals surface area (Å²) in [5.74, 6) is 0.714. The van der Waals surface area contributed by atoms with E-state index in [-0.39, 0.29) is 18.7 Å². The van der Waals surface area contributed by atoms with Crippen LogP contribution in [0.4, 0.5) is 4.79 Å². The first-order valence-electron chi connectivity index (χ1n) is 8.05. The second-order valence-electron chi connectivity index (χ2n) is 5.76. The molecule has 1 aromatic carbocycles. The molecule has 2 amide bonds. The highest BCUT2D eigenvalue weighted by Gasteiger charge is 2.28. The molecule has 1 heterocycles. The highest BCUT2D eigenvalue weighted by molar-refractivity contribution is 5.74. The summed E-state index contributed by atoms with van der Waals surface area (Å²) in [5, 5.41) is 12.3. The maximum atomic E-state index is 12.6. The Morgan fingerprint density at radius 1 is 1.30 bits per heavy atom. The monoisotopic (exact) mass is 314 g/mol. The number of amides is 2. The van der Waals surface area contributed by atoms with Crippen molar-refractivity contribution in [3.05, 3.63) is 59.5 Å². The maximum Gasteiger partial charge on any atom is 0.318 e. The zero-order chi connectivity index (χ0) is 16.1. The third kappa shape index (κ3) is 3.56. The van der Waals surface area contributed by atoms with E-state index in [2.05, 4.69) is 17.4 Å². The molecule has 1 aromatic heterocycles. The molecule has 2 N–H and O–H groups in total. The van der Waals surface area contributed by atoms with Crippen LogP contribution in [-0.2, 0) is 13.0 Å². The van der Waals surface area contributed by atoms with E-state index in [4.69, 9.17) is 4.42 Å². The van der Waals surface area contributed by atoms with E-state index < -0.39 is 0 Å². The minimum atomic E-state index is -0.169. The van der Waals surface area contributed by atoms with Crippen LogP contribution >= 0.6 is 0 Å². The summed E-state index contributed by atoms with van der Waals surface area (Å²) in [5.41, 5.74) is 2.49. The van der Waals surface area contributed by atoms with Crippen LogP contribution in [0.5, 0.6) is 0 Å². The van der Waals surface area contributed by atoms with Crippen LogP contribution in [0.2, 0.25) is 0 Å². The maximum absolute atomic E-state index is 12.6. The first-order chi connectivity index (χ1) is 11.3. The van der Waals surface area contributed by atoms with Crippen molar-refractivity contribution in [3.8, 4) is 0 Å². The summed E-state index contributed by atoms with van der Waals surface area (Å²) < 4.78 is 5.24. The quantitative estimate of drug-likeness (QED) is 0.892. The summed E-state index contributed by atoms with van der Waals surface area (Å²) in [4.78, 5) is 14.3. The molecule has 0 saturated carbocycles. The zero-order valence-corrected chi connectivity index (χ0v) is 13.1. The molecule has 0 saturated heterocycles. The van der Waals surface area contributed by atoms with Gasteiger partial charge in [0, 0.05) is 6.54 Å². The molecule has 1 aliphatic carbocycles. The number of aryl methyl sites for hydroxylation is 1. The standard InChI is InChI=1S/C18H22N2O3/c21-11-10-20(18(22)19-13-15-7-4-12-23-15)17-9-3-6-14-5-1-2-8-16(14)17/h1-2,4-5,7-8,12,17,21H,3,6,9-11,13H2,(H,19,22). The van der Waals surface area contributed by atoms with Crippen LogP contribution < -0.4 is 5.32 Å². The fourth-order valence-corrected chi connectivity index (χ4v) is 3.24. The molecule has 5 heteroatoms. The number of carbonyl (C=O) groups excluding carboxylic acids is 1. The Bertz CT molecular complexity index is 639. The van der Waals surface area contributed by atoms with Gasteiger partial charge in [-0.25, -0.2) is 4.79 Å². The number of furan rings is 1. The normalized spacial score (nSPS) is 16.7. The van der Waals surface area contributed by atoms with E-state index in [0.717, 1.165) is 19.3 Å². The Morgan fingerprint density at radius 3 is 2.96 bits per heavy atom. The smallest absolute Gasteiger partial charge is 0.318 e. The number of rotatable bonds is 5. The summed E-state index contributed by atoms with van der Waals surface area (Å²) in [6.45, 7) is 0.623. The number of aliphatic hydroxyl groups is 1. The lowest BCUT2D eigenvalue weighted by Gasteiger charge is -2.35. The number of urea groups is 1. The van der Waals surface area contributed by atoms with Gasteiger partial charge in [-0.05, 0) is 42.5 Å². The van der Waals surface area contributed by atoms with Gasteiger partial charge in [-0.2, -0.15) is 0 Å². The third-order valence-electron chi connectivity index (χ3n) is 4.31. The number of aliphatic hydroxyl groups excluding tert-OH is 1. The molecule has 1 unspecified atom stereocenters. The number of nitrogens with one attached hydrogen (secondary N) is 1. The topological polar surface area (TPSA) is 65.7 Å². The first kappa shape index (κ1) is 15.6. The van der Waals surface area contributed by atoms with E-state index in [1.807, 2.05) is 18.2 Å². The fraction of sp³-hybridized carbons (Fsp3) is 0.389. The molecule has 0 spiro atoms. The number of carbonyl (C=O) groups is 1. The number of benzene rings is 1. The Balaban J connectivity index is 1.74. The average molecular weight is 314 g/mol. The summed E-state index contributed by atoms with van der Waals surface area (Å²) >= 11 is 0. The van der Waals surface area contributed by atoms with Gasteiger partial charge in [-0.3, -0.25) is 0 Å². The van der Waals surface area contributed by atoms with Crippen LogP contribution in [0.3, 0.4) is 0 Å². The molecule has 5 nitrogen and oxygen atoms in total. The summed E-state index contributed by atoms with van der Waals surface area (Å²) in [6.07, 6.45) is 4.61. The minimum Gasteiger partial charge on any atom is -0.467 e. The van der Waals surface area contributed by atoms with Gasteiger partial charge >= 0.3 is 6.03 Å². The van der Waals surface area contributed by atoms with Gasteiger partial charge in [0.25, 0.3) is 0 Å². The van der Waals surface area contributed by atoms with E-state index in [1.54, 1.807) is 17.2 Å².